The van der Waals surface area contributed by atoms with Crippen LogP contribution in [-0.2, 0) is 13.2 Å². The Morgan fingerprint density at radius 2 is 2.00 bits per heavy atom. The van der Waals surface area contributed by atoms with Crippen LogP contribution < -0.4 is 10.1 Å². The third-order valence-corrected chi connectivity index (χ3v) is 4.37. The highest BCUT2D eigenvalue weighted by Gasteiger charge is 2.16. The molecule has 0 atom stereocenters. The summed E-state index contributed by atoms with van der Waals surface area (Å²) < 4.78 is 11.6. The first-order valence-corrected chi connectivity index (χ1v) is 8.18. The van der Waals surface area contributed by atoms with Crippen LogP contribution >= 0.6 is 22.9 Å². The maximum atomic E-state index is 12.2. The van der Waals surface area contributed by atoms with Crippen molar-refractivity contribution in [2.45, 2.75) is 13.2 Å². The minimum Gasteiger partial charge on any atom is -0.489 e. The summed E-state index contributed by atoms with van der Waals surface area (Å²) in [6, 6.07) is 14.9. The monoisotopic (exact) mass is 347 g/mol. The predicted octanol–water partition coefficient (Wildman–Crippen LogP) is 4.50. The predicted molar refractivity (Wildman–Crippen MR) is 90.0 cm³/mol. The van der Waals surface area contributed by atoms with E-state index >= 15 is 0 Å². The van der Waals surface area contributed by atoms with Crippen LogP contribution in [0.4, 0.5) is 0 Å². The molecule has 6 heteroatoms. The van der Waals surface area contributed by atoms with E-state index in [0.717, 1.165) is 10.6 Å². The highest BCUT2D eigenvalue weighted by Crippen LogP contribution is 2.21. The van der Waals surface area contributed by atoms with E-state index in [0.29, 0.717) is 16.4 Å². The Morgan fingerprint density at radius 3 is 2.74 bits per heavy atom. The molecule has 0 fully saturated rings. The van der Waals surface area contributed by atoms with E-state index in [1.165, 1.54) is 17.6 Å². The fourth-order valence-electron chi connectivity index (χ4n) is 2.02. The van der Waals surface area contributed by atoms with Gasteiger partial charge in [0.25, 0.3) is 5.91 Å². The third kappa shape index (κ3) is 4.15. The third-order valence-electron chi connectivity index (χ3n) is 3.14. The van der Waals surface area contributed by atoms with Gasteiger partial charge in [-0.25, -0.2) is 0 Å². The summed E-state index contributed by atoms with van der Waals surface area (Å²) in [5.74, 6) is 0.739. The van der Waals surface area contributed by atoms with Gasteiger partial charge in [-0.05, 0) is 30.3 Å². The van der Waals surface area contributed by atoms with E-state index < -0.39 is 0 Å². The Kier molecular flexibility index (Phi) is 5.00. The lowest BCUT2D eigenvalue weighted by atomic mass is 10.2. The van der Waals surface area contributed by atoms with E-state index in [1.54, 1.807) is 12.1 Å². The number of furan rings is 1. The van der Waals surface area contributed by atoms with Crippen LogP contribution in [-0.4, -0.2) is 5.91 Å². The van der Waals surface area contributed by atoms with Gasteiger partial charge in [-0.2, -0.15) is 0 Å². The van der Waals surface area contributed by atoms with Gasteiger partial charge in [0.05, 0.1) is 17.1 Å². The lowest BCUT2D eigenvalue weighted by Gasteiger charge is -2.06. The molecule has 0 aliphatic rings. The van der Waals surface area contributed by atoms with Gasteiger partial charge in [-0.15, -0.1) is 11.3 Å². The van der Waals surface area contributed by atoms with Crippen LogP contribution in [0.1, 0.15) is 21.0 Å². The molecular weight excluding hydrogens is 334 g/mol. The Balaban J connectivity index is 1.59. The molecule has 3 rings (SSSR count). The van der Waals surface area contributed by atoms with Crippen molar-refractivity contribution in [2.24, 2.45) is 0 Å². The number of ether oxygens (including phenoxy) is 1. The summed E-state index contributed by atoms with van der Waals surface area (Å²) >= 11 is 7.30. The molecule has 1 aromatic carbocycles. The number of para-hydroxylation sites is 1. The molecule has 0 aliphatic carbocycles. The van der Waals surface area contributed by atoms with Crippen LogP contribution in [0.2, 0.25) is 4.34 Å². The summed E-state index contributed by atoms with van der Waals surface area (Å²) in [5, 5.41) is 2.82. The minimum atomic E-state index is -0.272. The van der Waals surface area contributed by atoms with Crippen molar-refractivity contribution in [1.29, 1.82) is 0 Å². The number of amides is 1. The van der Waals surface area contributed by atoms with Crippen LogP contribution in [0, 0.1) is 0 Å². The Morgan fingerprint density at radius 1 is 1.17 bits per heavy atom. The highest BCUT2D eigenvalue weighted by atomic mass is 35.5. The molecule has 1 N–H and O–H groups in total. The SMILES string of the molecule is O=C(NCc1ccc(Cl)s1)c1occc1COc1ccccc1. The summed E-state index contributed by atoms with van der Waals surface area (Å²) in [4.78, 5) is 13.2. The van der Waals surface area contributed by atoms with Gasteiger partial charge < -0.3 is 14.5 Å². The molecule has 0 unspecified atom stereocenters. The fraction of sp³-hybridized carbons (Fsp3) is 0.118. The molecule has 0 saturated heterocycles. The second kappa shape index (κ2) is 7.35. The minimum absolute atomic E-state index is 0.267. The molecule has 0 aliphatic heterocycles. The normalized spacial score (nSPS) is 10.5. The molecule has 2 aromatic heterocycles. The topological polar surface area (TPSA) is 51.5 Å². The zero-order valence-corrected chi connectivity index (χ0v) is 13.7. The van der Waals surface area contributed by atoms with Crippen molar-refractivity contribution in [3.05, 3.63) is 75.3 Å². The van der Waals surface area contributed by atoms with Gasteiger partial charge in [0.1, 0.15) is 12.4 Å². The molecular formula is C17H14ClNO3S. The fourth-order valence-corrected chi connectivity index (χ4v) is 3.05. The number of carbonyl (C=O) groups is 1. The van der Waals surface area contributed by atoms with Crippen LogP contribution in [0.5, 0.6) is 5.75 Å². The van der Waals surface area contributed by atoms with Gasteiger partial charge in [-0.1, -0.05) is 29.8 Å². The summed E-state index contributed by atoms with van der Waals surface area (Å²) in [5.41, 5.74) is 0.704. The molecule has 2 heterocycles. The van der Waals surface area contributed by atoms with Crippen LogP contribution in [0.3, 0.4) is 0 Å². The van der Waals surface area contributed by atoms with E-state index in [1.807, 2.05) is 36.4 Å². The van der Waals surface area contributed by atoms with Crippen LogP contribution in [0.25, 0.3) is 0 Å². The zero-order valence-electron chi connectivity index (χ0n) is 12.1. The standard InChI is InChI=1S/C17H14ClNO3S/c18-15-7-6-14(23-15)10-19-17(20)16-12(8-9-21-16)11-22-13-4-2-1-3-5-13/h1-9H,10-11H2,(H,19,20). The van der Waals surface area contributed by atoms with Crippen molar-refractivity contribution in [3.8, 4) is 5.75 Å². The Labute approximate surface area is 142 Å². The molecule has 1 amide bonds. The smallest absolute Gasteiger partial charge is 0.287 e. The first kappa shape index (κ1) is 15.6. The molecule has 118 valence electrons. The number of nitrogens with one attached hydrogen (secondary N) is 1. The van der Waals surface area contributed by atoms with Gasteiger partial charge in [0, 0.05) is 10.4 Å². The van der Waals surface area contributed by atoms with Crippen LogP contribution in [0.15, 0.2) is 59.2 Å². The van der Waals surface area contributed by atoms with E-state index in [9.17, 15) is 4.79 Å². The molecule has 0 radical (unpaired) electrons. The van der Waals surface area contributed by atoms with E-state index in [2.05, 4.69) is 5.32 Å². The number of hydrogen-bond acceptors (Lipinski definition) is 4. The molecule has 0 bridgehead atoms. The highest BCUT2D eigenvalue weighted by molar-refractivity contribution is 7.16. The summed E-state index contributed by atoms with van der Waals surface area (Å²) in [6.07, 6.45) is 1.49. The van der Waals surface area contributed by atoms with Gasteiger partial charge in [-0.3, -0.25) is 4.79 Å². The number of halogens is 1. The maximum Gasteiger partial charge on any atom is 0.287 e. The van der Waals surface area contributed by atoms with Crippen molar-refractivity contribution in [3.63, 3.8) is 0 Å². The van der Waals surface area contributed by atoms with E-state index in [-0.39, 0.29) is 18.3 Å². The quantitative estimate of drug-likeness (QED) is 0.714. The average Bonchev–Trinajstić information content (AvgIpc) is 3.20. The lowest BCUT2D eigenvalue weighted by molar-refractivity contribution is 0.0920. The first-order valence-electron chi connectivity index (χ1n) is 6.99. The number of thiophene rings is 1. The van der Waals surface area contributed by atoms with Gasteiger partial charge in [0.15, 0.2) is 5.76 Å². The van der Waals surface area contributed by atoms with Crippen molar-refractivity contribution in [1.82, 2.24) is 5.32 Å². The molecule has 0 spiro atoms. The first-order chi connectivity index (χ1) is 11.2. The zero-order chi connectivity index (χ0) is 16.1. The number of rotatable bonds is 6. The largest absolute Gasteiger partial charge is 0.489 e. The van der Waals surface area contributed by atoms with E-state index in [4.69, 9.17) is 20.8 Å². The molecule has 4 nitrogen and oxygen atoms in total. The second-order valence-electron chi connectivity index (χ2n) is 4.77. The van der Waals surface area contributed by atoms with Crippen molar-refractivity contribution < 1.29 is 13.9 Å². The average molecular weight is 348 g/mol. The summed E-state index contributed by atoms with van der Waals surface area (Å²) in [6.45, 7) is 0.685. The van der Waals surface area contributed by atoms with Crippen molar-refractivity contribution >= 4 is 28.8 Å². The molecule has 0 saturated carbocycles. The lowest BCUT2D eigenvalue weighted by Crippen LogP contribution is -2.23. The second-order valence-corrected chi connectivity index (χ2v) is 6.56. The Hall–Kier alpha value is -2.24. The summed E-state index contributed by atoms with van der Waals surface area (Å²) in [7, 11) is 0. The number of carbonyl (C=O) groups excluding carboxylic acids is 1. The molecule has 23 heavy (non-hydrogen) atoms. The number of hydrogen-bond donors (Lipinski definition) is 1. The van der Waals surface area contributed by atoms with Gasteiger partial charge >= 0.3 is 0 Å². The molecule has 3 aromatic rings. The Bertz CT molecular complexity index is 782. The number of benzene rings is 1. The maximum absolute atomic E-state index is 12.2. The van der Waals surface area contributed by atoms with Gasteiger partial charge in [0.2, 0.25) is 0 Å². The van der Waals surface area contributed by atoms with Crippen molar-refractivity contribution in [2.75, 3.05) is 0 Å².